The average molecular weight is 275 g/mol. The normalized spacial score (nSPS) is 13.5. The van der Waals surface area contributed by atoms with Crippen molar-refractivity contribution in [3.05, 3.63) is 35.4 Å². The number of benzene rings is 1. The van der Waals surface area contributed by atoms with E-state index in [9.17, 15) is 4.79 Å². The Morgan fingerprint density at radius 1 is 1.35 bits per heavy atom. The first-order chi connectivity index (χ1) is 9.12. The molecule has 0 saturated heterocycles. The van der Waals surface area contributed by atoms with E-state index in [4.69, 9.17) is 5.11 Å². The third-order valence-corrected chi connectivity index (χ3v) is 3.90. The second-order valence-electron chi connectivity index (χ2n) is 6.37. The monoisotopic (exact) mass is 275 g/mol. The molecule has 0 aromatic heterocycles. The summed E-state index contributed by atoms with van der Waals surface area (Å²) >= 11 is 0. The average Bonchev–Trinajstić information content (AvgIpc) is 2.34. The molecule has 20 heavy (non-hydrogen) atoms. The lowest BCUT2D eigenvalue weighted by Gasteiger charge is -2.37. The highest BCUT2D eigenvalue weighted by molar-refractivity contribution is 5.85. The second-order valence-corrected chi connectivity index (χ2v) is 6.37. The Hall–Kier alpha value is -1.77. The highest BCUT2D eigenvalue weighted by atomic mass is 16.4. The van der Waals surface area contributed by atoms with Crippen LogP contribution < -0.4 is 4.90 Å². The van der Waals surface area contributed by atoms with Gasteiger partial charge in [-0.05, 0) is 48.6 Å². The van der Waals surface area contributed by atoms with Gasteiger partial charge in [-0.2, -0.15) is 0 Å². The van der Waals surface area contributed by atoms with Gasteiger partial charge in [0.05, 0.1) is 0 Å². The number of aliphatic carboxylic acids is 1. The molecule has 0 heterocycles. The minimum absolute atomic E-state index is 0.199. The third-order valence-electron chi connectivity index (χ3n) is 3.90. The molecule has 3 heteroatoms. The standard InChI is InChI=1S/C17H25NO2/c1-12-11-15(18(6)13(2)17(3,4)5)9-7-14(12)8-10-16(19)20/h7-11,13H,1-6H3,(H,19,20). The molecule has 0 aliphatic carbocycles. The molecule has 0 saturated carbocycles. The predicted octanol–water partition coefficient (Wildman–Crippen LogP) is 3.96. The van der Waals surface area contributed by atoms with Gasteiger partial charge in [-0.15, -0.1) is 0 Å². The van der Waals surface area contributed by atoms with Gasteiger partial charge in [0.15, 0.2) is 0 Å². The molecule has 1 aromatic rings. The van der Waals surface area contributed by atoms with Crippen molar-refractivity contribution in [3.8, 4) is 0 Å². The molecule has 0 fully saturated rings. The Morgan fingerprint density at radius 3 is 2.40 bits per heavy atom. The van der Waals surface area contributed by atoms with Crippen molar-refractivity contribution in [2.75, 3.05) is 11.9 Å². The number of anilines is 1. The molecule has 0 aliphatic rings. The SMILES string of the molecule is Cc1cc(N(C)C(C)C(C)(C)C)ccc1C=CC(=O)O. The van der Waals surface area contributed by atoms with Crippen LogP contribution in [0.2, 0.25) is 0 Å². The number of rotatable bonds is 4. The van der Waals surface area contributed by atoms with Crippen molar-refractivity contribution in [2.45, 2.75) is 40.7 Å². The quantitative estimate of drug-likeness (QED) is 0.845. The molecular weight excluding hydrogens is 250 g/mol. The van der Waals surface area contributed by atoms with Gasteiger partial charge < -0.3 is 10.0 Å². The van der Waals surface area contributed by atoms with E-state index in [-0.39, 0.29) is 5.41 Å². The Bertz CT molecular complexity index is 512. The van der Waals surface area contributed by atoms with E-state index in [0.29, 0.717) is 6.04 Å². The van der Waals surface area contributed by atoms with Crippen LogP contribution in [0.4, 0.5) is 5.69 Å². The maximum atomic E-state index is 10.6. The van der Waals surface area contributed by atoms with E-state index < -0.39 is 5.97 Å². The molecule has 0 spiro atoms. The molecule has 1 unspecified atom stereocenters. The smallest absolute Gasteiger partial charge is 0.328 e. The summed E-state index contributed by atoms with van der Waals surface area (Å²) in [5.41, 5.74) is 3.36. The van der Waals surface area contributed by atoms with Crippen LogP contribution >= 0.6 is 0 Å². The molecule has 0 bridgehead atoms. The molecule has 1 N–H and O–H groups in total. The Kier molecular flexibility index (Phi) is 4.98. The van der Waals surface area contributed by atoms with E-state index in [1.165, 1.54) is 6.08 Å². The van der Waals surface area contributed by atoms with Crippen molar-refractivity contribution in [1.29, 1.82) is 0 Å². The lowest BCUT2D eigenvalue weighted by molar-refractivity contribution is -0.131. The predicted molar refractivity (Wildman–Crippen MR) is 85.2 cm³/mol. The summed E-state index contributed by atoms with van der Waals surface area (Å²) in [7, 11) is 2.09. The molecular formula is C17H25NO2. The third kappa shape index (κ3) is 4.12. The summed E-state index contributed by atoms with van der Waals surface area (Å²) in [6.07, 6.45) is 2.80. The highest BCUT2D eigenvalue weighted by Gasteiger charge is 2.24. The van der Waals surface area contributed by atoms with Gasteiger partial charge in [-0.1, -0.05) is 26.8 Å². The lowest BCUT2D eigenvalue weighted by Crippen LogP contribution is -2.39. The van der Waals surface area contributed by atoms with Gasteiger partial charge in [0.25, 0.3) is 0 Å². The van der Waals surface area contributed by atoms with E-state index in [1.54, 1.807) is 6.08 Å². The molecule has 0 aliphatic heterocycles. The number of carboxylic acid groups (broad SMARTS) is 1. The number of hydrogen-bond acceptors (Lipinski definition) is 2. The summed E-state index contributed by atoms with van der Waals surface area (Å²) in [6, 6.07) is 6.51. The maximum absolute atomic E-state index is 10.6. The zero-order valence-corrected chi connectivity index (χ0v) is 13.3. The number of hydrogen-bond donors (Lipinski definition) is 1. The highest BCUT2D eigenvalue weighted by Crippen LogP contribution is 2.28. The first kappa shape index (κ1) is 16.3. The second kappa shape index (κ2) is 6.12. The summed E-state index contributed by atoms with van der Waals surface area (Å²) in [4.78, 5) is 12.8. The molecule has 3 nitrogen and oxygen atoms in total. The van der Waals surface area contributed by atoms with Crippen LogP contribution in [0.3, 0.4) is 0 Å². The Balaban J connectivity index is 3.00. The van der Waals surface area contributed by atoms with Gasteiger partial charge in [-0.3, -0.25) is 0 Å². The van der Waals surface area contributed by atoms with E-state index in [1.807, 2.05) is 19.1 Å². The first-order valence-corrected chi connectivity index (χ1v) is 6.87. The van der Waals surface area contributed by atoms with Crippen LogP contribution in [0, 0.1) is 12.3 Å². The van der Waals surface area contributed by atoms with Crippen molar-refractivity contribution >= 4 is 17.7 Å². The summed E-state index contributed by atoms with van der Waals surface area (Å²) < 4.78 is 0. The summed E-state index contributed by atoms with van der Waals surface area (Å²) in [6.45, 7) is 10.9. The Morgan fingerprint density at radius 2 is 1.95 bits per heavy atom. The van der Waals surface area contributed by atoms with Crippen LogP contribution in [-0.4, -0.2) is 24.2 Å². The van der Waals surface area contributed by atoms with Gasteiger partial charge in [0, 0.05) is 24.9 Å². The van der Waals surface area contributed by atoms with Crippen LogP contribution in [0.5, 0.6) is 0 Å². The fourth-order valence-electron chi connectivity index (χ4n) is 2.03. The van der Waals surface area contributed by atoms with Crippen LogP contribution in [0.25, 0.3) is 6.08 Å². The number of carbonyl (C=O) groups is 1. The van der Waals surface area contributed by atoms with E-state index in [2.05, 4.69) is 45.7 Å². The zero-order chi connectivity index (χ0) is 15.5. The maximum Gasteiger partial charge on any atom is 0.328 e. The minimum Gasteiger partial charge on any atom is -0.478 e. The van der Waals surface area contributed by atoms with Gasteiger partial charge in [0.2, 0.25) is 0 Å². The topological polar surface area (TPSA) is 40.5 Å². The number of carboxylic acids is 1. The Labute approximate surface area is 121 Å². The molecule has 1 rings (SSSR count). The number of aryl methyl sites for hydroxylation is 1. The van der Waals surface area contributed by atoms with Crippen molar-refractivity contribution in [1.82, 2.24) is 0 Å². The van der Waals surface area contributed by atoms with Crippen LogP contribution in [-0.2, 0) is 4.79 Å². The summed E-state index contributed by atoms with van der Waals surface area (Å²) in [5.74, 6) is -0.924. The molecule has 1 aromatic carbocycles. The largest absolute Gasteiger partial charge is 0.478 e. The molecule has 1 atom stereocenters. The van der Waals surface area contributed by atoms with E-state index >= 15 is 0 Å². The molecule has 110 valence electrons. The minimum atomic E-state index is -0.924. The summed E-state index contributed by atoms with van der Waals surface area (Å²) in [5, 5.41) is 8.68. The fraction of sp³-hybridized carbons (Fsp3) is 0.471. The van der Waals surface area contributed by atoms with Gasteiger partial charge in [-0.25, -0.2) is 4.79 Å². The molecule has 0 amide bonds. The first-order valence-electron chi connectivity index (χ1n) is 6.87. The zero-order valence-electron chi connectivity index (χ0n) is 13.3. The van der Waals surface area contributed by atoms with Gasteiger partial charge in [0.1, 0.15) is 0 Å². The van der Waals surface area contributed by atoms with Crippen LogP contribution in [0.1, 0.15) is 38.8 Å². The lowest BCUT2D eigenvalue weighted by atomic mass is 9.87. The number of nitrogens with zero attached hydrogens (tertiary/aromatic N) is 1. The van der Waals surface area contributed by atoms with Gasteiger partial charge >= 0.3 is 5.97 Å². The molecule has 0 radical (unpaired) electrons. The van der Waals surface area contributed by atoms with E-state index in [0.717, 1.165) is 16.8 Å². The van der Waals surface area contributed by atoms with Crippen molar-refractivity contribution in [3.63, 3.8) is 0 Å². The van der Waals surface area contributed by atoms with Crippen molar-refractivity contribution < 1.29 is 9.90 Å². The van der Waals surface area contributed by atoms with Crippen molar-refractivity contribution in [2.24, 2.45) is 5.41 Å². The fourth-order valence-corrected chi connectivity index (χ4v) is 2.03. The van der Waals surface area contributed by atoms with Crippen LogP contribution in [0.15, 0.2) is 24.3 Å².